The maximum Gasteiger partial charge on any atom is 0.0258 e. The van der Waals surface area contributed by atoms with Gasteiger partial charge in [-0.25, -0.2) is 0 Å². The van der Waals surface area contributed by atoms with Crippen LogP contribution in [0.3, 0.4) is 0 Å². The molecule has 0 bridgehead atoms. The molecule has 0 rings (SSSR count). The molecule has 0 N–H and O–H groups in total. The summed E-state index contributed by atoms with van der Waals surface area (Å²) >= 11 is 5.65. The van der Waals surface area contributed by atoms with E-state index in [1.54, 1.807) is 0 Å². The summed E-state index contributed by atoms with van der Waals surface area (Å²) in [5.41, 5.74) is 4.38. The monoisotopic (exact) mass is 254 g/mol. The highest BCUT2D eigenvalue weighted by molar-refractivity contribution is 6.17. The van der Waals surface area contributed by atoms with Gasteiger partial charge in [0.1, 0.15) is 0 Å². The highest BCUT2D eigenvalue weighted by atomic mass is 35.5. The van der Waals surface area contributed by atoms with Crippen molar-refractivity contribution in [2.45, 2.75) is 59.8 Å². The third-order valence-electron chi connectivity index (χ3n) is 2.72. The van der Waals surface area contributed by atoms with Crippen LogP contribution in [0, 0.1) is 0 Å². The van der Waals surface area contributed by atoms with E-state index >= 15 is 0 Å². The molecule has 0 aromatic rings. The lowest BCUT2D eigenvalue weighted by atomic mass is 10.1. The minimum Gasteiger partial charge on any atom is -0.126 e. The fourth-order valence-electron chi connectivity index (χ4n) is 1.64. The first kappa shape index (κ1) is 16.5. The summed E-state index contributed by atoms with van der Waals surface area (Å²) in [5.74, 6) is 0.731. The van der Waals surface area contributed by atoms with Crippen LogP contribution in [-0.2, 0) is 0 Å². The van der Waals surface area contributed by atoms with Crippen LogP contribution >= 0.6 is 11.6 Å². The molecule has 0 radical (unpaired) electrons. The quantitative estimate of drug-likeness (QED) is 0.366. The summed E-state index contributed by atoms with van der Waals surface area (Å²) in [6, 6.07) is 0. The van der Waals surface area contributed by atoms with E-state index in [1.165, 1.54) is 29.6 Å². The summed E-state index contributed by atoms with van der Waals surface area (Å²) in [5, 5.41) is 0. The first-order valence-corrected chi connectivity index (χ1v) is 7.10. The van der Waals surface area contributed by atoms with Crippen LogP contribution in [0.2, 0.25) is 0 Å². The van der Waals surface area contributed by atoms with Gasteiger partial charge in [0.2, 0.25) is 0 Å². The lowest BCUT2D eigenvalue weighted by Gasteiger charge is -2.01. The Balaban J connectivity index is 3.80. The van der Waals surface area contributed by atoms with E-state index in [0.29, 0.717) is 0 Å². The lowest BCUT2D eigenvalue weighted by Crippen LogP contribution is -1.81. The number of allylic oxidation sites excluding steroid dienone is 6. The molecule has 0 fully saturated rings. The molecule has 98 valence electrons. The third kappa shape index (κ3) is 11.8. The Morgan fingerprint density at radius 2 is 1.24 bits per heavy atom. The first-order chi connectivity index (χ1) is 8.06. The van der Waals surface area contributed by atoms with Gasteiger partial charge in [0.25, 0.3) is 0 Å². The maximum atomic E-state index is 5.65. The Labute approximate surface area is 112 Å². The second kappa shape index (κ2) is 10.7. The van der Waals surface area contributed by atoms with Gasteiger partial charge in [-0.15, -0.1) is 11.6 Å². The van der Waals surface area contributed by atoms with Gasteiger partial charge in [0.05, 0.1) is 0 Å². The molecular formula is C16H27Cl. The van der Waals surface area contributed by atoms with E-state index in [-0.39, 0.29) is 0 Å². The fourth-order valence-corrected chi connectivity index (χ4v) is 1.75. The van der Waals surface area contributed by atoms with E-state index < -0.39 is 0 Å². The third-order valence-corrected chi connectivity index (χ3v) is 2.94. The molecule has 17 heavy (non-hydrogen) atoms. The minimum absolute atomic E-state index is 0.731. The molecule has 0 aromatic carbocycles. The standard InChI is InChI=1S/C16H27Cl/c1-14(2)8-5-9-15(3)10-6-11-16(4)12-7-13-17/h8,10,12H,5-7,9,11,13H2,1-4H3. The van der Waals surface area contributed by atoms with Crippen molar-refractivity contribution in [1.82, 2.24) is 0 Å². The molecule has 0 amide bonds. The van der Waals surface area contributed by atoms with Crippen molar-refractivity contribution in [2.24, 2.45) is 0 Å². The van der Waals surface area contributed by atoms with Gasteiger partial charge in [0, 0.05) is 5.88 Å². The van der Waals surface area contributed by atoms with E-state index in [2.05, 4.69) is 45.9 Å². The predicted octanol–water partition coefficient (Wildman–Crippen LogP) is 6.03. The van der Waals surface area contributed by atoms with Crippen LogP contribution in [0.25, 0.3) is 0 Å². The Bertz CT molecular complexity index is 278. The fraction of sp³-hybridized carbons (Fsp3) is 0.625. The van der Waals surface area contributed by atoms with E-state index in [9.17, 15) is 0 Å². The number of rotatable bonds is 8. The molecule has 0 atom stereocenters. The molecule has 0 spiro atoms. The van der Waals surface area contributed by atoms with Gasteiger partial charge < -0.3 is 0 Å². The van der Waals surface area contributed by atoms with Gasteiger partial charge in [-0.3, -0.25) is 0 Å². The average molecular weight is 255 g/mol. The SMILES string of the molecule is CC(C)=CCCC(C)=CCCC(C)=CCCCl. The maximum absolute atomic E-state index is 5.65. The molecule has 0 nitrogen and oxygen atoms in total. The van der Waals surface area contributed by atoms with E-state index in [1.807, 2.05) is 0 Å². The topological polar surface area (TPSA) is 0 Å². The zero-order chi connectivity index (χ0) is 13.1. The van der Waals surface area contributed by atoms with Crippen molar-refractivity contribution >= 4 is 11.6 Å². The van der Waals surface area contributed by atoms with Gasteiger partial charge in [-0.2, -0.15) is 0 Å². The summed E-state index contributed by atoms with van der Waals surface area (Å²) in [4.78, 5) is 0. The molecule has 0 aliphatic carbocycles. The van der Waals surface area contributed by atoms with Crippen molar-refractivity contribution in [3.63, 3.8) is 0 Å². The van der Waals surface area contributed by atoms with Gasteiger partial charge in [-0.05, 0) is 59.8 Å². The summed E-state index contributed by atoms with van der Waals surface area (Å²) < 4.78 is 0. The summed E-state index contributed by atoms with van der Waals surface area (Å²) in [6.45, 7) is 8.74. The largest absolute Gasteiger partial charge is 0.126 e. The number of hydrogen-bond acceptors (Lipinski definition) is 0. The normalized spacial score (nSPS) is 12.8. The number of halogens is 1. The molecule has 0 aliphatic rings. The molecule has 0 saturated heterocycles. The van der Waals surface area contributed by atoms with Crippen molar-refractivity contribution in [1.29, 1.82) is 0 Å². The van der Waals surface area contributed by atoms with Gasteiger partial charge in [0.15, 0.2) is 0 Å². The molecule has 1 heteroatoms. The van der Waals surface area contributed by atoms with Crippen molar-refractivity contribution < 1.29 is 0 Å². The zero-order valence-corrected chi connectivity index (χ0v) is 12.6. The van der Waals surface area contributed by atoms with Gasteiger partial charge >= 0.3 is 0 Å². The smallest absolute Gasteiger partial charge is 0.0258 e. The van der Waals surface area contributed by atoms with Gasteiger partial charge in [-0.1, -0.05) is 34.9 Å². The highest BCUT2D eigenvalue weighted by Crippen LogP contribution is 2.11. The number of alkyl halides is 1. The first-order valence-electron chi connectivity index (χ1n) is 6.57. The second-order valence-electron chi connectivity index (χ2n) is 4.94. The predicted molar refractivity (Wildman–Crippen MR) is 80.8 cm³/mol. The average Bonchev–Trinajstić information content (AvgIpc) is 2.25. The molecule has 0 aliphatic heterocycles. The number of hydrogen-bond donors (Lipinski definition) is 0. The van der Waals surface area contributed by atoms with E-state index in [0.717, 1.165) is 25.1 Å². The van der Waals surface area contributed by atoms with E-state index in [4.69, 9.17) is 11.6 Å². The van der Waals surface area contributed by atoms with Crippen LogP contribution in [0.5, 0.6) is 0 Å². The molecule has 0 saturated carbocycles. The van der Waals surface area contributed by atoms with Crippen molar-refractivity contribution in [2.75, 3.05) is 5.88 Å². The summed E-state index contributed by atoms with van der Waals surface area (Å²) in [7, 11) is 0. The highest BCUT2D eigenvalue weighted by Gasteiger charge is 1.91. The molecule has 0 unspecified atom stereocenters. The van der Waals surface area contributed by atoms with Crippen LogP contribution in [-0.4, -0.2) is 5.88 Å². The van der Waals surface area contributed by atoms with Crippen LogP contribution < -0.4 is 0 Å². The van der Waals surface area contributed by atoms with Crippen LogP contribution in [0.15, 0.2) is 34.9 Å². The van der Waals surface area contributed by atoms with Crippen LogP contribution in [0.4, 0.5) is 0 Å². The Hall–Kier alpha value is -0.490. The van der Waals surface area contributed by atoms with Crippen molar-refractivity contribution in [3.05, 3.63) is 34.9 Å². The molecular weight excluding hydrogens is 228 g/mol. The lowest BCUT2D eigenvalue weighted by molar-refractivity contribution is 0.913. The van der Waals surface area contributed by atoms with Crippen molar-refractivity contribution in [3.8, 4) is 0 Å². The second-order valence-corrected chi connectivity index (χ2v) is 5.32. The summed E-state index contributed by atoms with van der Waals surface area (Å²) in [6.07, 6.45) is 12.6. The molecule has 0 aromatic heterocycles. The Morgan fingerprint density at radius 1 is 0.765 bits per heavy atom. The minimum atomic E-state index is 0.731. The molecule has 0 heterocycles. The van der Waals surface area contributed by atoms with Crippen LogP contribution in [0.1, 0.15) is 59.8 Å². The Morgan fingerprint density at radius 3 is 1.71 bits per heavy atom. The Kier molecular flexibility index (Phi) is 10.3. The zero-order valence-electron chi connectivity index (χ0n) is 11.9.